The minimum absolute atomic E-state index is 0.0133. The summed E-state index contributed by atoms with van der Waals surface area (Å²) in [7, 11) is -2.47. The number of primary sulfonamides is 1. The van der Waals surface area contributed by atoms with Crippen LogP contribution in [0.1, 0.15) is 28.8 Å². The van der Waals surface area contributed by atoms with Gasteiger partial charge in [-0.25, -0.2) is 18.4 Å². The number of nitrogens with two attached hydrogens (primary N) is 1. The molecule has 0 fully saturated rings. The third kappa shape index (κ3) is 8.90. The normalized spacial score (nSPS) is 11.6. The summed E-state index contributed by atoms with van der Waals surface area (Å²) in [5.41, 5.74) is 0.807. The maximum absolute atomic E-state index is 12.4. The van der Waals surface area contributed by atoms with Crippen LogP contribution >= 0.6 is 0 Å². The first-order valence-electron chi connectivity index (χ1n) is 9.76. The van der Waals surface area contributed by atoms with Gasteiger partial charge in [-0.15, -0.1) is 0 Å². The van der Waals surface area contributed by atoms with Crippen LogP contribution in [0, 0.1) is 0 Å². The molecule has 2 rings (SSSR count). The van der Waals surface area contributed by atoms with Crippen LogP contribution in [-0.2, 0) is 24.4 Å². The topological polar surface area (TPSA) is 175 Å². The van der Waals surface area contributed by atoms with Crippen LogP contribution in [0.25, 0.3) is 6.08 Å². The molecule has 13 heteroatoms. The SMILES string of the molecule is COc1cc(/C=C/COC(=O)CCCON(O)O)ccc1OC(=O)c1ccc(S(N)(=O)=O)cc1. The van der Waals surface area contributed by atoms with Gasteiger partial charge in [0.1, 0.15) is 6.61 Å². The molecule has 0 bridgehead atoms. The van der Waals surface area contributed by atoms with Crippen molar-refractivity contribution in [2.24, 2.45) is 5.14 Å². The Balaban J connectivity index is 1.91. The van der Waals surface area contributed by atoms with Gasteiger partial charge in [0.2, 0.25) is 10.0 Å². The summed E-state index contributed by atoms with van der Waals surface area (Å²) >= 11 is 0. The fourth-order valence-electron chi connectivity index (χ4n) is 2.57. The van der Waals surface area contributed by atoms with Crippen molar-refractivity contribution in [3.63, 3.8) is 0 Å². The van der Waals surface area contributed by atoms with Crippen LogP contribution in [0.5, 0.6) is 11.5 Å². The zero-order valence-electron chi connectivity index (χ0n) is 18.1. The molecular formula is C21H24N2O10S. The van der Waals surface area contributed by atoms with Gasteiger partial charge in [0.25, 0.3) is 0 Å². The zero-order chi connectivity index (χ0) is 25.1. The molecule has 184 valence electrons. The second kappa shape index (κ2) is 12.8. The molecule has 0 aliphatic heterocycles. The quantitative estimate of drug-likeness (QED) is 0.169. The number of esters is 2. The zero-order valence-corrected chi connectivity index (χ0v) is 18.9. The molecule has 0 atom stereocenters. The molecule has 12 nitrogen and oxygen atoms in total. The molecule has 0 aromatic heterocycles. The lowest BCUT2D eigenvalue weighted by Gasteiger charge is -2.10. The van der Waals surface area contributed by atoms with E-state index in [9.17, 15) is 18.0 Å². The van der Waals surface area contributed by atoms with Gasteiger partial charge in [-0.3, -0.25) is 20.0 Å². The van der Waals surface area contributed by atoms with Crippen molar-refractivity contribution in [3.8, 4) is 11.5 Å². The second-order valence-electron chi connectivity index (χ2n) is 6.64. The first-order chi connectivity index (χ1) is 16.1. The third-order valence-corrected chi connectivity index (χ3v) is 5.12. The average Bonchev–Trinajstić information content (AvgIpc) is 2.79. The van der Waals surface area contributed by atoms with Gasteiger partial charge in [-0.2, -0.15) is 0 Å². The number of carbonyl (C=O) groups excluding carboxylic acids is 2. The van der Waals surface area contributed by atoms with E-state index in [4.69, 9.17) is 29.8 Å². The monoisotopic (exact) mass is 496 g/mol. The van der Waals surface area contributed by atoms with E-state index < -0.39 is 27.4 Å². The second-order valence-corrected chi connectivity index (χ2v) is 8.21. The Kier molecular flexibility index (Phi) is 10.1. The minimum Gasteiger partial charge on any atom is -0.493 e. The molecular weight excluding hydrogens is 472 g/mol. The van der Waals surface area contributed by atoms with E-state index >= 15 is 0 Å². The molecule has 0 aliphatic carbocycles. The predicted molar refractivity (Wildman–Crippen MR) is 116 cm³/mol. The number of methoxy groups -OCH3 is 1. The largest absolute Gasteiger partial charge is 0.493 e. The van der Waals surface area contributed by atoms with E-state index in [0.29, 0.717) is 5.56 Å². The Morgan fingerprint density at radius 1 is 1.09 bits per heavy atom. The third-order valence-electron chi connectivity index (χ3n) is 4.19. The van der Waals surface area contributed by atoms with Gasteiger partial charge in [-0.05, 0) is 54.5 Å². The van der Waals surface area contributed by atoms with Crippen LogP contribution in [0.3, 0.4) is 0 Å². The van der Waals surface area contributed by atoms with Crippen molar-refractivity contribution >= 4 is 28.0 Å². The number of hydrogen-bond acceptors (Lipinski definition) is 11. The summed E-state index contributed by atoms with van der Waals surface area (Å²) in [6.07, 6.45) is 3.56. The number of hydrogen-bond donors (Lipinski definition) is 3. The minimum atomic E-state index is -3.87. The van der Waals surface area contributed by atoms with E-state index in [2.05, 4.69) is 4.84 Å². The van der Waals surface area contributed by atoms with Crippen molar-refractivity contribution in [1.29, 1.82) is 0 Å². The fraction of sp³-hybridized carbons (Fsp3) is 0.238. The van der Waals surface area contributed by atoms with E-state index in [0.717, 1.165) is 0 Å². The first kappa shape index (κ1) is 26.9. The maximum Gasteiger partial charge on any atom is 0.343 e. The molecule has 0 heterocycles. The molecule has 2 aromatic carbocycles. The Labute approximate surface area is 195 Å². The highest BCUT2D eigenvalue weighted by Crippen LogP contribution is 2.29. The van der Waals surface area contributed by atoms with E-state index in [1.165, 1.54) is 37.4 Å². The summed E-state index contributed by atoms with van der Waals surface area (Å²) in [6.45, 7) is -0.0467. The number of benzene rings is 2. The van der Waals surface area contributed by atoms with Crippen LogP contribution in [0.15, 0.2) is 53.4 Å². The van der Waals surface area contributed by atoms with Gasteiger partial charge >= 0.3 is 11.9 Å². The Bertz CT molecular complexity index is 1110. The molecule has 0 unspecified atom stereocenters. The lowest BCUT2D eigenvalue weighted by atomic mass is 10.2. The molecule has 0 radical (unpaired) electrons. The number of sulfonamides is 1. The van der Waals surface area contributed by atoms with Crippen molar-refractivity contribution in [2.45, 2.75) is 17.7 Å². The van der Waals surface area contributed by atoms with Crippen LogP contribution in [0.2, 0.25) is 0 Å². The highest BCUT2D eigenvalue weighted by atomic mass is 32.2. The van der Waals surface area contributed by atoms with Crippen molar-refractivity contribution < 1.29 is 47.5 Å². The van der Waals surface area contributed by atoms with Crippen molar-refractivity contribution in [3.05, 3.63) is 59.7 Å². The lowest BCUT2D eigenvalue weighted by molar-refractivity contribution is -0.492. The van der Waals surface area contributed by atoms with Gasteiger partial charge in [-0.1, -0.05) is 12.1 Å². The molecule has 0 amide bonds. The maximum atomic E-state index is 12.4. The highest BCUT2D eigenvalue weighted by molar-refractivity contribution is 7.89. The number of rotatable bonds is 12. The molecule has 0 saturated carbocycles. The molecule has 4 N–H and O–H groups in total. The molecule has 0 aliphatic rings. The summed E-state index contributed by atoms with van der Waals surface area (Å²) < 4.78 is 38.2. The predicted octanol–water partition coefficient (Wildman–Crippen LogP) is 1.91. The highest BCUT2D eigenvalue weighted by Gasteiger charge is 2.14. The van der Waals surface area contributed by atoms with Crippen LogP contribution in [0.4, 0.5) is 0 Å². The molecule has 0 spiro atoms. The Hall–Kier alpha value is -3.33. The van der Waals surface area contributed by atoms with Crippen molar-refractivity contribution in [1.82, 2.24) is 5.39 Å². The van der Waals surface area contributed by atoms with Crippen molar-refractivity contribution in [2.75, 3.05) is 20.3 Å². The molecule has 2 aromatic rings. The standard InChI is InChI=1S/C21H24N2O10S/c1-30-19-14-15(4-2-12-31-20(24)5-3-13-32-23(26)27)6-11-18(19)33-21(25)16-7-9-17(10-8-16)34(22,28)29/h2,4,6-11,14,26-27H,3,5,12-13H2,1H3,(H2,22,28,29)/b4-2+. The van der Waals surface area contributed by atoms with E-state index in [1.807, 2.05) is 0 Å². The summed E-state index contributed by atoms with van der Waals surface area (Å²) in [5, 5.41) is 21.3. The number of ether oxygens (including phenoxy) is 3. The fourth-order valence-corrected chi connectivity index (χ4v) is 3.09. The van der Waals surface area contributed by atoms with E-state index in [1.54, 1.807) is 24.3 Å². The average molecular weight is 496 g/mol. The smallest absolute Gasteiger partial charge is 0.343 e. The first-order valence-corrected chi connectivity index (χ1v) is 11.3. The van der Waals surface area contributed by atoms with Gasteiger partial charge in [0.05, 0.1) is 29.6 Å². The number of carbonyl (C=O) groups is 2. The lowest BCUT2D eigenvalue weighted by Crippen LogP contribution is -2.16. The molecule has 0 saturated heterocycles. The summed E-state index contributed by atoms with van der Waals surface area (Å²) in [5.74, 6) is -0.772. The Morgan fingerprint density at radius 3 is 2.41 bits per heavy atom. The van der Waals surface area contributed by atoms with Crippen LogP contribution in [-0.4, -0.2) is 56.5 Å². The summed E-state index contributed by atoms with van der Waals surface area (Å²) in [4.78, 5) is 28.1. The van der Waals surface area contributed by atoms with Gasteiger partial charge in [0, 0.05) is 6.42 Å². The van der Waals surface area contributed by atoms with Crippen LogP contribution < -0.4 is 14.6 Å². The van der Waals surface area contributed by atoms with Gasteiger partial charge in [0.15, 0.2) is 11.5 Å². The summed E-state index contributed by atoms with van der Waals surface area (Å²) in [6, 6.07) is 9.76. The van der Waals surface area contributed by atoms with Gasteiger partial charge < -0.3 is 14.2 Å². The Morgan fingerprint density at radius 2 is 1.79 bits per heavy atom. The van der Waals surface area contributed by atoms with E-state index in [-0.39, 0.29) is 48.0 Å². The number of nitrogens with zero attached hydrogens (tertiary/aromatic N) is 1. The molecule has 34 heavy (non-hydrogen) atoms.